The summed E-state index contributed by atoms with van der Waals surface area (Å²) in [5, 5.41) is 1.06. The summed E-state index contributed by atoms with van der Waals surface area (Å²) in [6, 6.07) is 3.69. The molecule has 0 aliphatic rings. The van der Waals surface area contributed by atoms with Crippen molar-refractivity contribution in [2.45, 2.75) is 52.5 Å². The van der Waals surface area contributed by atoms with E-state index in [0.717, 1.165) is 23.3 Å². The summed E-state index contributed by atoms with van der Waals surface area (Å²) in [7, 11) is 0. The monoisotopic (exact) mass is 346 g/mol. The van der Waals surface area contributed by atoms with Gasteiger partial charge in [0, 0.05) is 5.54 Å². The van der Waals surface area contributed by atoms with Crippen molar-refractivity contribution in [1.29, 1.82) is 0 Å². The van der Waals surface area contributed by atoms with Gasteiger partial charge in [-0.05, 0) is 37.8 Å². The number of imidazole rings is 1. The van der Waals surface area contributed by atoms with Crippen LogP contribution in [0.5, 0.6) is 0 Å². The van der Waals surface area contributed by atoms with Crippen LogP contribution in [0, 0.1) is 5.41 Å². The second kappa shape index (κ2) is 5.64. The normalized spacial score (nSPS) is 13.1. The van der Waals surface area contributed by atoms with Gasteiger partial charge in [-0.25, -0.2) is 4.98 Å². The lowest BCUT2D eigenvalue weighted by Crippen LogP contribution is -2.32. The van der Waals surface area contributed by atoms with E-state index >= 15 is 0 Å². The topological polar surface area (TPSA) is 17.8 Å². The summed E-state index contributed by atoms with van der Waals surface area (Å²) >= 11 is 18.4. The van der Waals surface area contributed by atoms with Crippen LogP contribution in [-0.4, -0.2) is 9.55 Å². The molecule has 0 aliphatic heterocycles. The van der Waals surface area contributed by atoms with Crippen molar-refractivity contribution in [2.24, 2.45) is 5.41 Å². The zero-order valence-corrected chi connectivity index (χ0v) is 15.4. The molecule has 0 atom stereocenters. The highest BCUT2D eigenvalue weighted by Crippen LogP contribution is 2.37. The van der Waals surface area contributed by atoms with E-state index in [1.165, 1.54) is 0 Å². The van der Waals surface area contributed by atoms with Crippen molar-refractivity contribution < 1.29 is 0 Å². The molecule has 2 nitrogen and oxygen atoms in total. The molecule has 2 rings (SSSR count). The first-order valence-corrected chi connectivity index (χ1v) is 8.27. The van der Waals surface area contributed by atoms with E-state index in [1.54, 1.807) is 6.07 Å². The van der Waals surface area contributed by atoms with E-state index in [0.29, 0.717) is 15.9 Å². The second-order valence-corrected chi connectivity index (χ2v) is 8.38. The third-order valence-corrected chi connectivity index (χ3v) is 4.41. The zero-order valence-electron chi connectivity index (χ0n) is 13.1. The third kappa shape index (κ3) is 3.49. The van der Waals surface area contributed by atoms with Crippen LogP contribution in [0.15, 0.2) is 12.1 Å². The number of aromatic nitrogens is 2. The quantitative estimate of drug-likeness (QED) is 0.600. The fraction of sp³-hybridized carbons (Fsp3) is 0.562. The van der Waals surface area contributed by atoms with Crippen molar-refractivity contribution in [3.05, 3.63) is 28.0 Å². The molecule has 21 heavy (non-hydrogen) atoms. The summed E-state index contributed by atoms with van der Waals surface area (Å²) in [5.41, 5.74) is 1.89. The Labute approximate surface area is 141 Å². The van der Waals surface area contributed by atoms with Crippen LogP contribution in [0.1, 0.15) is 46.9 Å². The lowest BCUT2D eigenvalue weighted by Gasteiger charge is -2.35. The fourth-order valence-corrected chi connectivity index (χ4v) is 3.76. The standard InChI is InChI=1S/C16H21Cl3N2/c1-15(2,3)9-16(4,5)21-13-7-11(19)10(18)6-12(13)20-14(21)8-17/h6-7H,8-9H2,1-5H3. The number of hydrogen-bond acceptors (Lipinski definition) is 1. The van der Waals surface area contributed by atoms with Crippen molar-refractivity contribution in [3.8, 4) is 0 Å². The third-order valence-electron chi connectivity index (χ3n) is 3.45. The number of rotatable bonds is 3. The van der Waals surface area contributed by atoms with Crippen LogP contribution in [0.25, 0.3) is 11.0 Å². The van der Waals surface area contributed by atoms with Crippen LogP contribution >= 0.6 is 34.8 Å². The molecular weight excluding hydrogens is 327 g/mol. The Hall–Kier alpha value is -0.440. The fourth-order valence-electron chi connectivity index (χ4n) is 3.26. The van der Waals surface area contributed by atoms with Gasteiger partial charge in [-0.15, -0.1) is 11.6 Å². The predicted octanol–water partition coefficient (Wildman–Crippen LogP) is 6.25. The van der Waals surface area contributed by atoms with Gasteiger partial charge >= 0.3 is 0 Å². The average Bonchev–Trinajstić information content (AvgIpc) is 2.65. The minimum absolute atomic E-state index is 0.117. The number of fused-ring (bicyclic) bond motifs is 1. The maximum Gasteiger partial charge on any atom is 0.125 e. The summed E-state index contributed by atoms with van der Waals surface area (Å²) < 4.78 is 2.20. The van der Waals surface area contributed by atoms with Crippen molar-refractivity contribution in [3.63, 3.8) is 0 Å². The minimum Gasteiger partial charge on any atom is -0.321 e. The Morgan fingerprint density at radius 3 is 2.14 bits per heavy atom. The van der Waals surface area contributed by atoms with E-state index < -0.39 is 0 Å². The summed E-state index contributed by atoms with van der Waals surface area (Å²) in [4.78, 5) is 4.62. The van der Waals surface area contributed by atoms with Gasteiger partial charge in [-0.1, -0.05) is 44.0 Å². The highest BCUT2D eigenvalue weighted by Gasteiger charge is 2.30. The van der Waals surface area contributed by atoms with Crippen LogP contribution < -0.4 is 0 Å². The van der Waals surface area contributed by atoms with E-state index in [-0.39, 0.29) is 11.0 Å². The number of hydrogen-bond donors (Lipinski definition) is 0. The first-order chi connectivity index (χ1) is 9.55. The first kappa shape index (κ1) is 16.9. The van der Waals surface area contributed by atoms with Crippen LogP contribution in [0.3, 0.4) is 0 Å². The Morgan fingerprint density at radius 2 is 1.62 bits per heavy atom. The molecule has 5 heteroatoms. The Morgan fingerprint density at radius 1 is 1.05 bits per heavy atom. The molecule has 0 spiro atoms. The van der Waals surface area contributed by atoms with Gasteiger partial charge in [0.05, 0.1) is 27.0 Å². The number of benzene rings is 1. The molecule has 0 amide bonds. The molecule has 1 aromatic heterocycles. The van der Waals surface area contributed by atoms with E-state index in [4.69, 9.17) is 34.8 Å². The summed E-state index contributed by atoms with van der Waals surface area (Å²) in [6.07, 6.45) is 0.996. The van der Waals surface area contributed by atoms with Gasteiger partial charge in [0.25, 0.3) is 0 Å². The van der Waals surface area contributed by atoms with Crippen molar-refractivity contribution in [1.82, 2.24) is 9.55 Å². The molecule has 0 radical (unpaired) electrons. The Kier molecular flexibility index (Phi) is 4.55. The molecule has 0 saturated carbocycles. The lowest BCUT2D eigenvalue weighted by atomic mass is 9.81. The van der Waals surface area contributed by atoms with Gasteiger partial charge in [0.2, 0.25) is 0 Å². The highest BCUT2D eigenvalue weighted by molar-refractivity contribution is 6.42. The van der Waals surface area contributed by atoms with E-state index in [2.05, 4.69) is 44.2 Å². The molecule has 0 N–H and O–H groups in total. The number of nitrogens with zero attached hydrogens (tertiary/aromatic N) is 2. The predicted molar refractivity (Wildman–Crippen MR) is 92.7 cm³/mol. The molecule has 1 heterocycles. The highest BCUT2D eigenvalue weighted by atomic mass is 35.5. The van der Waals surface area contributed by atoms with Gasteiger partial charge in [-0.3, -0.25) is 0 Å². The molecule has 0 fully saturated rings. The van der Waals surface area contributed by atoms with Crippen LogP contribution in [0.2, 0.25) is 10.0 Å². The van der Waals surface area contributed by atoms with E-state index in [1.807, 2.05) is 6.07 Å². The number of halogens is 3. The van der Waals surface area contributed by atoms with Gasteiger partial charge < -0.3 is 4.57 Å². The smallest absolute Gasteiger partial charge is 0.125 e. The Balaban J connectivity index is 2.69. The maximum atomic E-state index is 6.19. The molecule has 1 aromatic carbocycles. The van der Waals surface area contributed by atoms with Gasteiger partial charge in [0.1, 0.15) is 5.82 Å². The maximum absolute atomic E-state index is 6.19. The lowest BCUT2D eigenvalue weighted by molar-refractivity contribution is 0.216. The average molecular weight is 348 g/mol. The SMILES string of the molecule is CC(C)(C)CC(C)(C)n1c(CCl)nc2cc(Cl)c(Cl)cc21. The van der Waals surface area contributed by atoms with Crippen LogP contribution in [-0.2, 0) is 11.4 Å². The molecule has 116 valence electrons. The molecule has 2 aromatic rings. The summed E-state index contributed by atoms with van der Waals surface area (Å²) in [5.74, 6) is 1.21. The molecule has 0 saturated heterocycles. The van der Waals surface area contributed by atoms with Crippen LogP contribution in [0.4, 0.5) is 0 Å². The Bertz CT molecular complexity index is 666. The first-order valence-electron chi connectivity index (χ1n) is 6.98. The summed E-state index contributed by atoms with van der Waals surface area (Å²) in [6.45, 7) is 11.1. The van der Waals surface area contributed by atoms with Crippen molar-refractivity contribution >= 4 is 45.8 Å². The van der Waals surface area contributed by atoms with Crippen molar-refractivity contribution in [2.75, 3.05) is 0 Å². The molecule has 0 aliphatic carbocycles. The van der Waals surface area contributed by atoms with E-state index in [9.17, 15) is 0 Å². The largest absolute Gasteiger partial charge is 0.321 e. The number of alkyl halides is 1. The zero-order chi connectivity index (χ0) is 16.0. The molecule has 0 unspecified atom stereocenters. The second-order valence-electron chi connectivity index (χ2n) is 7.30. The molecular formula is C16H21Cl3N2. The van der Waals surface area contributed by atoms with Gasteiger partial charge in [-0.2, -0.15) is 0 Å². The minimum atomic E-state index is -0.117. The van der Waals surface area contributed by atoms with Gasteiger partial charge in [0.15, 0.2) is 0 Å². The molecule has 0 bridgehead atoms.